The molecule has 0 aliphatic heterocycles. The van der Waals surface area contributed by atoms with Crippen molar-refractivity contribution < 1.29 is 49.4 Å². The number of ether oxygens (including phenoxy) is 2. The van der Waals surface area contributed by atoms with Gasteiger partial charge in [0.2, 0.25) is 0 Å². The zero-order valence-corrected chi connectivity index (χ0v) is 72.3. The van der Waals surface area contributed by atoms with Crippen molar-refractivity contribution in [3.8, 4) is 29.1 Å². The fraction of sp³-hybridized carbons (Fsp3) is 0.376. The molecule has 12 rings (SSSR count). The average Bonchev–Trinajstić information content (AvgIpc) is 0.748. The smallest absolute Gasteiger partial charge is 0.347 e. The molecule has 0 spiro atoms. The molecule has 3 unspecified atom stereocenters. The maximum Gasteiger partial charge on any atom is 0.347 e. The van der Waals surface area contributed by atoms with Gasteiger partial charge in [-0.3, -0.25) is 0 Å². The van der Waals surface area contributed by atoms with Crippen molar-refractivity contribution in [1.29, 1.82) is 0 Å². The topological polar surface area (TPSA) is 205 Å². The van der Waals surface area contributed by atoms with Crippen molar-refractivity contribution >= 4 is 70.3 Å². The molecule has 3 aliphatic carbocycles. The third-order valence-corrected chi connectivity index (χ3v) is 25.5. The molecule has 0 saturated carbocycles. The third kappa shape index (κ3) is 19.7. The maximum atomic E-state index is 14.9. The number of hydrogen-bond acceptors (Lipinski definition) is 15. The lowest BCUT2D eigenvalue weighted by atomic mass is 9.62. The van der Waals surface area contributed by atoms with Crippen LogP contribution in [-0.2, 0) is 51.1 Å². The van der Waals surface area contributed by atoms with Gasteiger partial charge >= 0.3 is 17.9 Å². The summed E-state index contributed by atoms with van der Waals surface area (Å²) in [5.74, 6) is 2.21. The van der Waals surface area contributed by atoms with Crippen LogP contribution in [0, 0.1) is 11.8 Å². The summed E-state index contributed by atoms with van der Waals surface area (Å²) < 4.78 is 12.2. The minimum atomic E-state index is -1.38. The van der Waals surface area contributed by atoms with Crippen LogP contribution in [0.1, 0.15) is 254 Å². The number of hydrogen-bond donors (Lipinski definition) is 7. The summed E-state index contributed by atoms with van der Waals surface area (Å²) in [6.45, 7) is 28.5. The number of nitrogens with one attached hydrogen (secondary N) is 2. The number of aromatic carboxylic acids is 1. The summed E-state index contributed by atoms with van der Waals surface area (Å²) >= 11 is 1.77. The molecule has 15 nitrogen and oxygen atoms in total. The number of rotatable bonds is 26. The molecule has 0 amide bonds. The molecule has 0 radical (unpaired) electrons. The number of benzene rings is 9. The summed E-state index contributed by atoms with van der Waals surface area (Å²) in [6, 6.07) is 50.9. The van der Waals surface area contributed by atoms with E-state index in [9.17, 15) is 39.9 Å². The SMILES string of the molecule is CN(C)c1ccc(CCNc2cc(C(O)C#Cc3ccc(C(=O)Oc4cc(C=CC(O)c5cc(NCCc6ccc(N(C)C)cc6)c6c(c5)C(C)(C)CCC6(C)C)ccc4C(=O)O)c(OC(=O)c4ccc(C=CC(O)c5cc(SCc6ccc(N(C)C)cc6)c6c(c5)C(C)(C)CCC6(C)C)cc4O)c3)cc3c2C(C)(C)CCC3(C)C)cc1. The number of carboxylic acids is 1. The molecule has 16 heteroatoms. The van der Waals surface area contributed by atoms with Gasteiger partial charge in [0.25, 0.3) is 0 Å². The minimum Gasteiger partial charge on any atom is -0.507 e. The Morgan fingerprint density at radius 1 is 0.453 bits per heavy atom. The molecular weight excluding hydrogens is 1480 g/mol. The van der Waals surface area contributed by atoms with Crippen LogP contribution in [0.2, 0.25) is 0 Å². The van der Waals surface area contributed by atoms with Crippen LogP contribution in [0.15, 0.2) is 181 Å². The number of nitrogens with zero attached hydrogens (tertiary/aromatic N) is 3. The molecule has 0 heterocycles. The maximum absolute atomic E-state index is 14.9. The molecule has 7 N–H and O–H groups in total. The van der Waals surface area contributed by atoms with Crippen LogP contribution in [0.3, 0.4) is 0 Å². The molecular formula is C101H117N5O10S. The van der Waals surface area contributed by atoms with Crippen molar-refractivity contribution in [2.45, 2.75) is 196 Å². The van der Waals surface area contributed by atoms with Gasteiger partial charge in [-0.15, -0.1) is 11.8 Å². The predicted octanol–water partition coefficient (Wildman–Crippen LogP) is 21.0. The standard InChI is InChI=1S/C101H117N5O10S/c1-96(2)45-48-99(7,8)90-78(96)56-69(59-81(90)102-51-43-63-19-31-72(32-20-63)104(13)14)83(107)41-29-66-26-38-76(93(111)112)87(54-66)115-95(114)77-39-27-67(30-42-84(108)70-57-79-91(100(9,10)49-46-97(79,3)4)82(60-70)103-52-44-64-21-33-73(34-22-64)105(15)16)55-88(77)116-94(113)75-37-25-65(53-86(75)110)28-40-85(109)71-58-80-92(101(11,12)50-47-98(80,5)6)89(61-71)117-62-68-23-35-74(36-24-68)106(17)18/h19-29,31-41,53-61,83-85,102-103,107-110H,43-52,62H2,1-18H3,(H,111,112). The number of aliphatic hydroxyl groups is 3. The highest BCUT2D eigenvalue weighted by Gasteiger charge is 2.43. The van der Waals surface area contributed by atoms with Gasteiger partial charge in [-0.05, 0) is 259 Å². The van der Waals surface area contributed by atoms with Gasteiger partial charge in [0.15, 0.2) is 0 Å². The molecule has 0 fully saturated rings. The highest BCUT2D eigenvalue weighted by Crippen LogP contribution is 2.54. The van der Waals surface area contributed by atoms with E-state index in [0.29, 0.717) is 35.3 Å². The average molecular weight is 1590 g/mol. The van der Waals surface area contributed by atoms with E-state index in [1.54, 1.807) is 48.2 Å². The first kappa shape index (κ1) is 85.8. The molecule has 3 aliphatic rings. The van der Waals surface area contributed by atoms with Crippen LogP contribution in [-0.4, -0.2) is 98.8 Å². The van der Waals surface area contributed by atoms with E-state index in [1.165, 1.54) is 81.4 Å². The number of thioether (sulfide) groups is 1. The normalized spacial score (nSPS) is 16.6. The number of esters is 2. The van der Waals surface area contributed by atoms with Gasteiger partial charge in [-0.2, -0.15) is 0 Å². The van der Waals surface area contributed by atoms with Gasteiger partial charge < -0.3 is 60.3 Å². The van der Waals surface area contributed by atoms with E-state index in [4.69, 9.17) is 9.47 Å². The van der Waals surface area contributed by atoms with E-state index in [0.717, 1.165) is 107 Å². The number of phenols is 1. The quantitative estimate of drug-likeness (QED) is 0.0117. The fourth-order valence-electron chi connectivity index (χ4n) is 16.7. The summed E-state index contributed by atoms with van der Waals surface area (Å²) in [4.78, 5) is 50.0. The van der Waals surface area contributed by atoms with Crippen molar-refractivity contribution in [1.82, 2.24) is 0 Å². The molecule has 9 aromatic rings. The van der Waals surface area contributed by atoms with Gasteiger partial charge in [-0.1, -0.05) is 186 Å². The largest absolute Gasteiger partial charge is 0.507 e. The molecule has 0 aromatic heterocycles. The number of carboxylic acid groups (broad SMARTS) is 1. The van der Waals surface area contributed by atoms with Crippen LogP contribution in [0.4, 0.5) is 28.4 Å². The van der Waals surface area contributed by atoms with Gasteiger partial charge in [-0.25, -0.2) is 14.4 Å². The van der Waals surface area contributed by atoms with Crippen LogP contribution >= 0.6 is 11.8 Å². The van der Waals surface area contributed by atoms with Crippen LogP contribution in [0.5, 0.6) is 17.2 Å². The second-order valence-electron chi connectivity index (χ2n) is 36.7. The van der Waals surface area contributed by atoms with Crippen LogP contribution in [0.25, 0.3) is 12.2 Å². The predicted molar refractivity (Wildman–Crippen MR) is 479 cm³/mol. The lowest BCUT2D eigenvalue weighted by Gasteiger charge is -2.43. The number of carbonyl (C=O) groups excluding carboxylic acids is 2. The van der Waals surface area contributed by atoms with E-state index < -0.39 is 42.0 Å². The summed E-state index contributed by atoms with van der Waals surface area (Å²) in [5.41, 5.74) is 17.3. The monoisotopic (exact) mass is 1590 g/mol. The Bertz CT molecular complexity index is 5330. The number of fused-ring (bicyclic) bond motifs is 3. The van der Waals surface area contributed by atoms with Crippen LogP contribution < -0.4 is 34.8 Å². The number of aliphatic hydroxyl groups excluding tert-OH is 3. The third-order valence-electron chi connectivity index (χ3n) is 24.4. The highest BCUT2D eigenvalue weighted by molar-refractivity contribution is 7.98. The van der Waals surface area contributed by atoms with E-state index in [-0.39, 0.29) is 66.2 Å². The van der Waals surface area contributed by atoms with Crippen molar-refractivity contribution in [3.05, 3.63) is 276 Å². The summed E-state index contributed by atoms with van der Waals surface area (Å²) in [5, 5.41) is 66.3. The molecule has 117 heavy (non-hydrogen) atoms. The Morgan fingerprint density at radius 2 is 0.846 bits per heavy atom. The first-order valence-corrected chi connectivity index (χ1v) is 41.8. The second kappa shape index (κ2) is 34.6. The first-order valence-electron chi connectivity index (χ1n) is 40.8. The lowest BCUT2D eigenvalue weighted by Crippen LogP contribution is -2.35. The van der Waals surface area contributed by atoms with Gasteiger partial charge in [0, 0.05) is 100 Å². The van der Waals surface area contributed by atoms with Gasteiger partial charge in [0.1, 0.15) is 40.0 Å². The Kier molecular flexibility index (Phi) is 25.4. The minimum absolute atomic E-state index is 0.0914. The van der Waals surface area contributed by atoms with E-state index in [1.807, 2.05) is 54.4 Å². The number of carbonyl (C=O) groups is 3. The van der Waals surface area contributed by atoms with E-state index >= 15 is 0 Å². The second-order valence-corrected chi connectivity index (χ2v) is 37.7. The fourth-order valence-corrected chi connectivity index (χ4v) is 17.9. The Balaban J connectivity index is 0.841. The molecule has 9 aromatic carbocycles. The summed E-state index contributed by atoms with van der Waals surface area (Å²) in [6.07, 6.45) is 10.6. The van der Waals surface area contributed by atoms with Crippen molar-refractivity contribution in [2.24, 2.45) is 0 Å². The number of phenolic OH excluding ortho intramolecular Hbond substituents is 1. The first-order chi connectivity index (χ1) is 55.2. The van der Waals surface area contributed by atoms with Crippen molar-refractivity contribution in [2.75, 3.05) is 80.7 Å². The van der Waals surface area contributed by atoms with Crippen molar-refractivity contribution in [3.63, 3.8) is 0 Å². The molecule has 612 valence electrons. The Labute approximate surface area is 697 Å². The Hall–Kier alpha value is -10.5. The summed E-state index contributed by atoms with van der Waals surface area (Å²) in [7, 11) is 12.1. The molecule has 3 atom stereocenters. The lowest BCUT2D eigenvalue weighted by molar-refractivity contribution is 0.0680. The highest BCUT2D eigenvalue weighted by atomic mass is 32.2. The Morgan fingerprint density at radius 3 is 1.32 bits per heavy atom. The molecule has 0 bridgehead atoms. The zero-order valence-electron chi connectivity index (χ0n) is 71.4. The zero-order chi connectivity index (χ0) is 84.4. The molecule has 0 saturated heterocycles. The van der Waals surface area contributed by atoms with E-state index in [2.05, 4.69) is 217 Å². The van der Waals surface area contributed by atoms with Gasteiger partial charge in [0.05, 0.1) is 12.2 Å². The number of anilines is 5. The number of aromatic hydroxyl groups is 1.